The van der Waals surface area contributed by atoms with Crippen molar-refractivity contribution in [1.82, 2.24) is 9.97 Å². The number of hydrogen-bond donors (Lipinski definition) is 1. The topological polar surface area (TPSA) is 67.1 Å². The molecule has 5 nitrogen and oxygen atoms in total. The minimum atomic E-state index is 0.785. The summed E-state index contributed by atoms with van der Waals surface area (Å²) in [6.45, 7) is 0. The molecule has 0 radical (unpaired) electrons. The predicted octanol–water partition coefficient (Wildman–Crippen LogP) is -0.281. The molecule has 0 saturated carbocycles. The second kappa shape index (κ2) is 2.55. The van der Waals surface area contributed by atoms with Crippen molar-refractivity contribution in [2.45, 2.75) is 0 Å². The Morgan fingerprint density at radius 2 is 2.36 bits per heavy atom. The van der Waals surface area contributed by atoms with Crippen molar-refractivity contribution in [1.29, 1.82) is 0 Å². The Bertz CT molecular complexity index is 302. The zero-order chi connectivity index (χ0) is 7.52. The second-order valence-electron chi connectivity index (χ2n) is 2.01. The van der Waals surface area contributed by atoms with Gasteiger partial charge in [-0.3, -0.25) is 0 Å². The Hall–Kier alpha value is -1.62. The van der Waals surface area contributed by atoms with E-state index < -0.39 is 0 Å². The van der Waals surface area contributed by atoms with Crippen LogP contribution in [-0.2, 0) is 0 Å². The fourth-order valence-corrected chi connectivity index (χ4v) is 0.812. The first-order valence-electron chi connectivity index (χ1n) is 3.17. The van der Waals surface area contributed by atoms with E-state index in [0.29, 0.717) is 0 Å². The van der Waals surface area contributed by atoms with Crippen LogP contribution in [0.1, 0.15) is 5.69 Å². The lowest BCUT2D eigenvalue weighted by Gasteiger charge is -1.89. The van der Waals surface area contributed by atoms with E-state index in [1.54, 1.807) is 17.7 Å². The maximum absolute atomic E-state index is 4.01. The van der Waals surface area contributed by atoms with Gasteiger partial charge >= 0.3 is 0 Å². The van der Waals surface area contributed by atoms with Crippen LogP contribution in [0.4, 0.5) is 0 Å². The largest absolute Gasteiger partial charge is 0.245 e. The Labute approximate surface area is 62.9 Å². The standard InChI is InChI=1S/C6H5N5/c1-2-7-4-8-5(1)6-3-9-11-10-6/h1-4H,(H,9,10,11)/p+1. The van der Waals surface area contributed by atoms with Crippen LogP contribution in [0.2, 0.25) is 0 Å². The zero-order valence-corrected chi connectivity index (χ0v) is 5.68. The van der Waals surface area contributed by atoms with Crippen molar-refractivity contribution in [2.24, 2.45) is 10.3 Å². The average molecular weight is 148 g/mol. The fourth-order valence-electron chi connectivity index (χ4n) is 0.812. The Kier molecular flexibility index (Phi) is 1.42. The van der Waals surface area contributed by atoms with Crippen LogP contribution in [-0.4, -0.2) is 9.97 Å². The molecule has 0 aliphatic carbocycles. The Morgan fingerprint density at radius 3 is 3.00 bits per heavy atom. The Balaban J connectivity index is 2.37. The number of nitrogens with two attached hydrogens (primary N) is 1. The third kappa shape index (κ3) is 1.13. The van der Waals surface area contributed by atoms with E-state index >= 15 is 0 Å². The highest BCUT2D eigenvalue weighted by molar-refractivity contribution is 5.59. The van der Waals surface area contributed by atoms with Crippen molar-refractivity contribution >= 4 is 5.70 Å². The maximum atomic E-state index is 4.01. The van der Waals surface area contributed by atoms with E-state index in [2.05, 4.69) is 20.3 Å². The molecule has 54 valence electrons. The number of aromatic nitrogens is 2. The lowest BCUT2D eigenvalue weighted by atomic mass is 10.3. The molecule has 2 N–H and O–H groups in total. The summed E-state index contributed by atoms with van der Waals surface area (Å²) < 4.78 is 0. The summed E-state index contributed by atoms with van der Waals surface area (Å²) in [7, 11) is 0. The molecule has 1 aromatic rings. The summed E-state index contributed by atoms with van der Waals surface area (Å²) in [6, 6.07) is 1.80. The van der Waals surface area contributed by atoms with E-state index in [1.807, 2.05) is 6.20 Å². The molecule has 2 rings (SSSR count). The van der Waals surface area contributed by atoms with Crippen LogP contribution in [0.15, 0.2) is 35.1 Å². The van der Waals surface area contributed by atoms with Gasteiger partial charge in [0.15, 0.2) is 11.9 Å². The summed E-state index contributed by atoms with van der Waals surface area (Å²) >= 11 is 0. The maximum Gasteiger partial charge on any atom is 0.172 e. The van der Waals surface area contributed by atoms with Gasteiger partial charge in [-0.25, -0.2) is 9.97 Å². The van der Waals surface area contributed by atoms with Crippen LogP contribution in [0, 0.1) is 0 Å². The van der Waals surface area contributed by atoms with Gasteiger partial charge in [-0.15, -0.1) is 0 Å². The molecule has 0 bridgehead atoms. The summed E-state index contributed by atoms with van der Waals surface area (Å²) in [5.41, 5.74) is 3.22. The second-order valence-corrected chi connectivity index (χ2v) is 2.01. The molecule has 5 heteroatoms. The van der Waals surface area contributed by atoms with Gasteiger partial charge in [0.2, 0.25) is 0 Å². The van der Waals surface area contributed by atoms with Crippen molar-refractivity contribution in [3.05, 3.63) is 30.5 Å². The molecule has 1 aromatic heterocycles. The number of rotatable bonds is 1. The minimum absolute atomic E-state index is 0.785. The molecule has 0 amide bonds. The van der Waals surface area contributed by atoms with Crippen LogP contribution >= 0.6 is 0 Å². The molecule has 1 aliphatic rings. The molecule has 0 unspecified atom stereocenters. The average Bonchev–Trinajstić information content (AvgIpc) is 2.58. The number of quaternary nitrogens is 1. The van der Waals surface area contributed by atoms with Crippen molar-refractivity contribution in [2.75, 3.05) is 0 Å². The van der Waals surface area contributed by atoms with Crippen LogP contribution in [0.5, 0.6) is 0 Å². The summed E-state index contributed by atoms with van der Waals surface area (Å²) in [5, 5.41) is 7.53. The van der Waals surface area contributed by atoms with Gasteiger partial charge in [-0.05, 0) is 6.07 Å². The fraction of sp³-hybridized carbons (Fsp3) is 0. The first-order chi connectivity index (χ1) is 5.47. The van der Waals surface area contributed by atoms with E-state index in [1.165, 1.54) is 6.33 Å². The first-order valence-corrected chi connectivity index (χ1v) is 3.17. The molecular formula is C6H6N5+. The highest BCUT2D eigenvalue weighted by atomic mass is 15.4. The molecule has 0 spiro atoms. The van der Waals surface area contributed by atoms with Gasteiger partial charge in [-0.1, -0.05) is 5.11 Å². The lowest BCUT2D eigenvalue weighted by Crippen LogP contribution is -2.69. The van der Waals surface area contributed by atoms with Crippen LogP contribution in [0.3, 0.4) is 0 Å². The molecule has 0 aromatic carbocycles. The Morgan fingerprint density at radius 1 is 1.36 bits per heavy atom. The first kappa shape index (κ1) is 6.11. The highest BCUT2D eigenvalue weighted by Crippen LogP contribution is 2.10. The van der Waals surface area contributed by atoms with Gasteiger partial charge in [-0.2, -0.15) is 5.43 Å². The lowest BCUT2D eigenvalue weighted by molar-refractivity contribution is -0.595. The third-order valence-electron chi connectivity index (χ3n) is 1.31. The summed E-state index contributed by atoms with van der Waals surface area (Å²) in [5.74, 6) is 0. The number of hydrogen-bond acceptors (Lipinski definition) is 4. The van der Waals surface area contributed by atoms with Crippen molar-refractivity contribution in [3.8, 4) is 0 Å². The third-order valence-corrected chi connectivity index (χ3v) is 1.31. The number of nitrogens with zero attached hydrogens (tertiary/aromatic N) is 4. The van der Waals surface area contributed by atoms with Gasteiger partial charge < -0.3 is 0 Å². The van der Waals surface area contributed by atoms with E-state index in [-0.39, 0.29) is 0 Å². The van der Waals surface area contributed by atoms with E-state index in [9.17, 15) is 0 Å². The van der Waals surface area contributed by atoms with Gasteiger partial charge in [0, 0.05) is 11.4 Å². The van der Waals surface area contributed by atoms with Crippen molar-refractivity contribution < 1.29 is 5.43 Å². The van der Waals surface area contributed by atoms with Gasteiger partial charge in [0.25, 0.3) is 0 Å². The van der Waals surface area contributed by atoms with Crippen LogP contribution < -0.4 is 5.43 Å². The normalized spacial score (nSPS) is 15.1. The highest BCUT2D eigenvalue weighted by Gasteiger charge is 2.07. The smallest absolute Gasteiger partial charge is 0.172 e. The van der Waals surface area contributed by atoms with Crippen LogP contribution in [0.25, 0.3) is 5.70 Å². The van der Waals surface area contributed by atoms with Gasteiger partial charge in [0.1, 0.15) is 6.33 Å². The molecule has 1 aliphatic heterocycles. The van der Waals surface area contributed by atoms with E-state index in [4.69, 9.17) is 0 Å². The predicted molar refractivity (Wildman–Crippen MR) is 36.8 cm³/mol. The van der Waals surface area contributed by atoms with Gasteiger partial charge in [0.05, 0.1) is 5.69 Å². The quantitative estimate of drug-likeness (QED) is 0.556. The minimum Gasteiger partial charge on any atom is -0.245 e. The molecule has 0 fully saturated rings. The molecule has 0 atom stereocenters. The SMILES string of the molecule is C1=C(c2ccncn2)N=N[NH2+]1. The zero-order valence-electron chi connectivity index (χ0n) is 5.68. The summed E-state index contributed by atoms with van der Waals surface area (Å²) in [4.78, 5) is 7.80. The molecule has 0 saturated heterocycles. The monoisotopic (exact) mass is 148 g/mol. The molecule has 2 heterocycles. The van der Waals surface area contributed by atoms with E-state index in [0.717, 1.165) is 11.4 Å². The van der Waals surface area contributed by atoms with Crippen molar-refractivity contribution in [3.63, 3.8) is 0 Å². The molecular weight excluding hydrogens is 142 g/mol. The molecule has 11 heavy (non-hydrogen) atoms. The summed E-state index contributed by atoms with van der Waals surface area (Å²) in [6.07, 6.45) is 4.98.